The normalized spacial score (nSPS) is 11.7. The molecule has 0 saturated heterocycles. The molecule has 5 aromatic rings. The van der Waals surface area contributed by atoms with Gasteiger partial charge in [-0.2, -0.15) is 4.98 Å². The van der Waals surface area contributed by atoms with Crippen LogP contribution in [0.4, 0.5) is 4.39 Å². The Balaban J connectivity index is 1.62. The van der Waals surface area contributed by atoms with Crippen LogP contribution >= 0.6 is 0 Å². The number of carbonyl (C=O) groups is 2. The molecular formula is C30H26FN5O4. The van der Waals surface area contributed by atoms with E-state index >= 15 is 0 Å². The van der Waals surface area contributed by atoms with Crippen molar-refractivity contribution in [3.05, 3.63) is 95.5 Å². The van der Waals surface area contributed by atoms with Crippen LogP contribution in [0.1, 0.15) is 53.0 Å². The molecule has 5 rings (SSSR count). The Morgan fingerprint density at radius 3 is 2.48 bits per heavy atom. The summed E-state index contributed by atoms with van der Waals surface area (Å²) in [5.41, 5.74) is 2.59. The number of allylic oxidation sites excluding steroid dienone is 1. The van der Waals surface area contributed by atoms with Gasteiger partial charge in [-0.25, -0.2) is 9.37 Å². The molecule has 202 valence electrons. The SMILES string of the molecule is CC=Cc1nc2oc(-c3ccc(F)cc3)c(C(=O)NC)c2cc1-c1cccc(C(=O)NC(C)(C)c2ncon2)c1. The molecule has 0 fully saturated rings. The molecule has 3 heterocycles. The molecule has 2 amide bonds. The number of furan rings is 1. The van der Waals surface area contributed by atoms with Crippen LogP contribution in [0.3, 0.4) is 0 Å². The highest BCUT2D eigenvalue weighted by Gasteiger charge is 2.28. The maximum atomic E-state index is 13.6. The lowest BCUT2D eigenvalue weighted by Crippen LogP contribution is -2.41. The highest BCUT2D eigenvalue weighted by atomic mass is 19.1. The van der Waals surface area contributed by atoms with Crippen LogP contribution in [-0.2, 0) is 5.54 Å². The van der Waals surface area contributed by atoms with E-state index in [1.165, 1.54) is 25.6 Å². The van der Waals surface area contributed by atoms with Gasteiger partial charge in [-0.1, -0.05) is 23.4 Å². The summed E-state index contributed by atoms with van der Waals surface area (Å²) >= 11 is 0. The predicted octanol–water partition coefficient (Wildman–Crippen LogP) is 5.74. The quantitative estimate of drug-likeness (QED) is 0.270. The Morgan fingerprint density at radius 1 is 1.02 bits per heavy atom. The van der Waals surface area contributed by atoms with Gasteiger partial charge in [-0.3, -0.25) is 9.59 Å². The van der Waals surface area contributed by atoms with Crippen LogP contribution in [-0.4, -0.2) is 34.0 Å². The maximum Gasteiger partial charge on any atom is 0.255 e. The van der Waals surface area contributed by atoms with Crippen LogP contribution in [0.5, 0.6) is 0 Å². The minimum absolute atomic E-state index is 0.255. The highest BCUT2D eigenvalue weighted by molar-refractivity contribution is 6.11. The van der Waals surface area contributed by atoms with Crippen molar-refractivity contribution in [1.82, 2.24) is 25.8 Å². The van der Waals surface area contributed by atoms with Gasteiger partial charge in [0.25, 0.3) is 11.8 Å². The molecule has 10 heteroatoms. The molecular weight excluding hydrogens is 513 g/mol. The number of halogens is 1. The first-order valence-electron chi connectivity index (χ1n) is 12.5. The summed E-state index contributed by atoms with van der Waals surface area (Å²) in [7, 11) is 1.52. The molecule has 3 aromatic heterocycles. The van der Waals surface area contributed by atoms with Gasteiger partial charge >= 0.3 is 0 Å². The van der Waals surface area contributed by atoms with Gasteiger partial charge in [-0.15, -0.1) is 0 Å². The molecule has 0 atom stereocenters. The molecule has 0 bridgehead atoms. The number of nitrogens with one attached hydrogen (secondary N) is 2. The van der Waals surface area contributed by atoms with Gasteiger partial charge in [0, 0.05) is 23.7 Å². The first-order valence-corrected chi connectivity index (χ1v) is 12.5. The van der Waals surface area contributed by atoms with Crippen molar-refractivity contribution in [3.8, 4) is 22.5 Å². The van der Waals surface area contributed by atoms with Gasteiger partial charge < -0.3 is 19.6 Å². The molecule has 9 nitrogen and oxygen atoms in total. The van der Waals surface area contributed by atoms with Crippen LogP contribution < -0.4 is 10.6 Å². The van der Waals surface area contributed by atoms with Crippen molar-refractivity contribution in [1.29, 1.82) is 0 Å². The Hall–Kier alpha value is -5.12. The first kappa shape index (κ1) is 26.5. The van der Waals surface area contributed by atoms with E-state index in [4.69, 9.17) is 13.9 Å². The molecule has 2 N–H and O–H groups in total. The molecule has 0 unspecified atom stereocenters. The van der Waals surface area contributed by atoms with Crippen molar-refractivity contribution >= 4 is 29.0 Å². The topological polar surface area (TPSA) is 123 Å². The van der Waals surface area contributed by atoms with E-state index in [1.807, 2.05) is 31.2 Å². The van der Waals surface area contributed by atoms with Crippen molar-refractivity contribution in [2.75, 3.05) is 7.05 Å². The Labute approximate surface area is 229 Å². The summed E-state index contributed by atoms with van der Waals surface area (Å²) in [5, 5.41) is 9.91. The number of benzene rings is 2. The summed E-state index contributed by atoms with van der Waals surface area (Å²) in [6, 6.07) is 14.6. The van der Waals surface area contributed by atoms with Crippen molar-refractivity contribution in [2.24, 2.45) is 0 Å². The molecule has 0 spiro atoms. The van der Waals surface area contributed by atoms with E-state index < -0.39 is 11.4 Å². The number of aromatic nitrogens is 3. The van der Waals surface area contributed by atoms with Crippen LogP contribution in [0.15, 0.2) is 76.0 Å². The number of amides is 2. The maximum absolute atomic E-state index is 13.6. The van der Waals surface area contributed by atoms with Crippen LogP contribution in [0.25, 0.3) is 39.6 Å². The molecule has 0 aliphatic rings. The standard InChI is InChI=1S/C30H26FN5O4/c1-5-7-23-21(18-8-6-9-19(14-18)26(37)35-30(2,3)29-33-16-39-36-29)15-22-24(27(38)32-4)25(40-28(22)34-23)17-10-12-20(31)13-11-17/h5-16H,1-4H3,(H,32,38)(H,35,37). The second-order valence-electron chi connectivity index (χ2n) is 9.58. The molecule has 0 aliphatic heterocycles. The largest absolute Gasteiger partial charge is 0.437 e. The Morgan fingerprint density at radius 2 is 1.80 bits per heavy atom. The number of carbonyl (C=O) groups excluding carboxylic acids is 2. The third-order valence-corrected chi connectivity index (χ3v) is 6.38. The first-order chi connectivity index (χ1) is 19.2. The Kier molecular flexibility index (Phi) is 7.00. The summed E-state index contributed by atoms with van der Waals surface area (Å²) in [4.78, 5) is 35.0. The smallest absolute Gasteiger partial charge is 0.255 e. The van der Waals surface area contributed by atoms with E-state index in [9.17, 15) is 14.0 Å². The van der Waals surface area contributed by atoms with Crippen LogP contribution in [0.2, 0.25) is 0 Å². The molecule has 40 heavy (non-hydrogen) atoms. The number of rotatable bonds is 7. The fourth-order valence-corrected chi connectivity index (χ4v) is 4.39. The van der Waals surface area contributed by atoms with Crippen molar-refractivity contribution in [2.45, 2.75) is 26.3 Å². The number of hydrogen-bond acceptors (Lipinski definition) is 7. The third-order valence-electron chi connectivity index (χ3n) is 6.38. The lowest BCUT2D eigenvalue weighted by atomic mass is 9.97. The van der Waals surface area contributed by atoms with E-state index in [0.29, 0.717) is 39.2 Å². The zero-order chi connectivity index (χ0) is 28.4. The van der Waals surface area contributed by atoms with E-state index in [-0.39, 0.29) is 28.9 Å². The molecule has 0 saturated carbocycles. The lowest BCUT2D eigenvalue weighted by molar-refractivity contribution is 0.0906. The number of fused-ring (bicyclic) bond motifs is 1. The lowest BCUT2D eigenvalue weighted by Gasteiger charge is -2.22. The number of hydrogen-bond donors (Lipinski definition) is 2. The number of pyridine rings is 1. The minimum Gasteiger partial charge on any atom is -0.437 e. The molecule has 0 radical (unpaired) electrons. The summed E-state index contributed by atoms with van der Waals surface area (Å²) in [5.74, 6) is -0.475. The van der Waals surface area contributed by atoms with Gasteiger partial charge in [0.1, 0.15) is 11.6 Å². The van der Waals surface area contributed by atoms with Crippen molar-refractivity contribution < 1.29 is 22.9 Å². The summed E-state index contributed by atoms with van der Waals surface area (Å²) in [6.07, 6.45) is 4.87. The second kappa shape index (κ2) is 10.6. The van der Waals surface area contributed by atoms with E-state index in [2.05, 4.69) is 20.8 Å². The fraction of sp³-hybridized carbons (Fsp3) is 0.167. The summed E-state index contributed by atoms with van der Waals surface area (Å²) in [6.45, 7) is 5.42. The summed E-state index contributed by atoms with van der Waals surface area (Å²) < 4.78 is 24.5. The molecule has 0 aliphatic carbocycles. The van der Waals surface area contributed by atoms with Gasteiger partial charge in [-0.05, 0) is 74.9 Å². The average molecular weight is 540 g/mol. The van der Waals surface area contributed by atoms with E-state index in [1.54, 1.807) is 44.2 Å². The van der Waals surface area contributed by atoms with Gasteiger partial charge in [0.15, 0.2) is 5.82 Å². The van der Waals surface area contributed by atoms with Gasteiger partial charge in [0.2, 0.25) is 12.1 Å². The highest BCUT2D eigenvalue weighted by Crippen LogP contribution is 2.37. The van der Waals surface area contributed by atoms with Crippen molar-refractivity contribution in [3.63, 3.8) is 0 Å². The van der Waals surface area contributed by atoms with Gasteiger partial charge in [0.05, 0.1) is 22.2 Å². The molecule has 2 aromatic carbocycles. The fourth-order valence-electron chi connectivity index (χ4n) is 4.39. The number of nitrogens with zero attached hydrogens (tertiary/aromatic N) is 3. The van der Waals surface area contributed by atoms with E-state index in [0.717, 1.165) is 0 Å². The monoisotopic (exact) mass is 539 g/mol. The zero-order valence-corrected chi connectivity index (χ0v) is 22.3. The minimum atomic E-state index is -0.868. The predicted molar refractivity (Wildman–Crippen MR) is 148 cm³/mol. The second-order valence-corrected chi connectivity index (χ2v) is 9.58. The Bertz CT molecular complexity index is 1740. The average Bonchev–Trinajstić information content (AvgIpc) is 3.62. The third kappa shape index (κ3) is 4.98. The van der Waals surface area contributed by atoms with Crippen LogP contribution in [0, 0.1) is 5.82 Å². The zero-order valence-electron chi connectivity index (χ0n) is 22.3.